The second-order valence-electron chi connectivity index (χ2n) is 6.78. The van der Waals surface area contributed by atoms with Crippen LogP contribution in [0.3, 0.4) is 0 Å². The third-order valence-corrected chi connectivity index (χ3v) is 6.06. The zero-order valence-corrected chi connectivity index (χ0v) is 16.5. The fraction of sp³-hybridized carbons (Fsp3) is 0.316. The molecular weight excluding hydrogens is 382 g/mol. The molecule has 8 nitrogen and oxygen atoms in total. The van der Waals surface area contributed by atoms with Gasteiger partial charge in [-0.15, -0.1) is 0 Å². The Labute approximate surface area is 163 Å². The number of nitro groups is 1. The van der Waals surface area contributed by atoms with Crippen molar-refractivity contribution in [2.24, 2.45) is 0 Å². The van der Waals surface area contributed by atoms with Crippen LogP contribution in [0.25, 0.3) is 0 Å². The number of para-hydroxylation sites is 2. The molecule has 0 spiro atoms. The third kappa shape index (κ3) is 3.99. The van der Waals surface area contributed by atoms with Gasteiger partial charge in [0, 0.05) is 44.1 Å². The van der Waals surface area contributed by atoms with Crippen LogP contribution in [0.15, 0.2) is 47.4 Å². The fourth-order valence-corrected chi connectivity index (χ4v) is 4.35. The quantitative estimate of drug-likeness (QED) is 0.573. The van der Waals surface area contributed by atoms with Gasteiger partial charge in [-0.25, -0.2) is 8.42 Å². The molecule has 1 amide bonds. The molecule has 0 bridgehead atoms. The zero-order chi connectivity index (χ0) is 20.5. The minimum Gasteiger partial charge on any atom is -0.362 e. The summed E-state index contributed by atoms with van der Waals surface area (Å²) in [7, 11) is -3.42. The van der Waals surface area contributed by atoms with Crippen LogP contribution in [-0.4, -0.2) is 56.6 Å². The van der Waals surface area contributed by atoms with Gasteiger partial charge in [-0.2, -0.15) is 0 Å². The van der Waals surface area contributed by atoms with Crippen LogP contribution in [0.4, 0.5) is 11.4 Å². The molecule has 0 unspecified atom stereocenters. The first kappa shape index (κ1) is 19.8. The van der Waals surface area contributed by atoms with Crippen molar-refractivity contribution in [3.05, 3.63) is 63.7 Å². The summed E-state index contributed by atoms with van der Waals surface area (Å²) in [4.78, 5) is 27.3. The molecule has 2 aromatic carbocycles. The number of anilines is 1. The first-order valence-electron chi connectivity index (χ1n) is 8.77. The summed E-state index contributed by atoms with van der Waals surface area (Å²) >= 11 is 0. The molecule has 2 aromatic rings. The monoisotopic (exact) mass is 403 g/mol. The number of nitro benzene ring substituents is 1. The third-order valence-electron chi connectivity index (χ3n) is 4.82. The van der Waals surface area contributed by atoms with E-state index in [1.165, 1.54) is 12.1 Å². The van der Waals surface area contributed by atoms with E-state index >= 15 is 0 Å². The van der Waals surface area contributed by atoms with Crippen LogP contribution < -0.4 is 4.90 Å². The van der Waals surface area contributed by atoms with Gasteiger partial charge < -0.3 is 9.80 Å². The summed E-state index contributed by atoms with van der Waals surface area (Å²) < 4.78 is 23.8. The lowest BCUT2D eigenvalue weighted by atomic mass is 10.1. The summed E-state index contributed by atoms with van der Waals surface area (Å²) in [5.74, 6) is -0.243. The van der Waals surface area contributed by atoms with E-state index in [1.807, 2.05) is 4.90 Å². The summed E-state index contributed by atoms with van der Waals surface area (Å²) in [5, 5.41) is 11.2. The van der Waals surface area contributed by atoms with Crippen LogP contribution in [-0.2, 0) is 9.84 Å². The average Bonchev–Trinajstić information content (AvgIpc) is 2.67. The minimum absolute atomic E-state index is 0.0404. The van der Waals surface area contributed by atoms with Crippen molar-refractivity contribution in [2.45, 2.75) is 11.8 Å². The van der Waals surface area contributed by atoms with E-state index in [1.54, 1.807) is 42.2 Å². The van der Waals surface area contributed by atoms with Gasteiger partial charge >= 0.3 is 0 Å². The maximum absolute atomic E-state index is 12.8. The average molecular weight is 403 g/mol. The van der Waals surface area contributed by atoms with Crippen molar-refractivity contribution in [1.82, 2.24) is 4.90 Å². The van der Waals surface area contributed by atoms with Crippen LogP contribution in [0.1, 0.15) is 15.9 Å². The molecule has 1 aliphatic heterocycles. The second-order valence-corrected chi connectivity index (χ2v) is 8.76. The summed E-state index contributed by atoms with van der Waals surface area (Å²) in [6.07, 6.45) is 1.12. The fourth-order valence-electron chi connectivity index (χ4n) is 3.35. The second kappa shape index (κ2) is 7.59. The van der Waals surface area contributed by atoms with Crippen molar-refractivity contribution in [3.8, 4) is 0 Å². The van der Waals surface area contributed by atoms with Crippen molar-refractivity contribution >= 4 is 27.1 Å². The Balaban J connectivity index is 1.76. The summed E-state index contributed by atoms with van der Waals surface area (Å²) in [6.45, 7) is 3.40. The van der Waals surface area contributed by atoms with Crippen molar-refractivity contribution in [1.29, 1.82) is 0 Å². The van der Waals surface area contributed by atoms with Crippen molar-refractivity contribution < 1.29 is 18.1 Å². The van der Waals surface area contributed by atoms with Gasteiger partial charge in [0.2, 0.25) is 0 Å². The molecule has 9 heteroatoms. The number of nitrogens with zero attached hydrogens (tertiary/aromatic N) is 3. The molecule has 148 valence electrons. The molecule has 0 aliphatic carbocycles. The number of carbonyl (C=O) groups is 1. The Kier molecular flexibility index (Phi) is 5.37. The van der Waals surface area contributed by atoms with E-state index < -0.39 is 14.8 Å². The molecule has 1 aliphatic rings. The maximum atomic E-state index is 12.8. The van der Waals surface area contributed by atoms with E-state index in [-0.39, 0.29) is 16.5 Å². The maximum Gasteiger partial charge on any atom is 0.292 e. The van der Waals surface area contributed by atoms with Crippen molar-refractivity contribution in [2.75, 3.05) is 37.3 Å². The number of hydrogen-bond acceptors (Lipinski definition) is 6. The molecule has 0 atom stereocenters. The summed E-state index contributed by atoms with van der Waals surface area (Å²) in [6, 6.07) is 11.2. The van der Waals surface area contributed by atoms with Gasteiger partial charge in [-0.3, -0.25) is 14.9 Å². The normalized spacial score (nSPS) is 14.8. The minimum atomic E-state index is -3.42. The number of amides is 1. The van der Waals surface area contributed by atoms with Gasteiger partial charge in [0.25, 0.3) is 11.6 Å². The van der Waals surface area contributed by atoms with E-state index in [0.29, 0.717) is 43.0 Å². The number of aryl methyl sites for hydroxylation is 1. The Morgan fingerprint density at radius 1 is 1.07 bits per heavy atom. The zero-order valence-electron chi connectivity index (χ0n) is 15.7. The molecule has 1 heterocycles. The largest absolute Gasteiger partial charge is 0.362 e. The number of sulfone groups is 1. The van der Waals surface area contributed by atoms with Crippen LogP contribution in [0, 0.1) is 17.0 Å². The lowest BCUT2D eigenvalue weighted by Gasteiger charge is -2.35. The predicted octanol–water partition coefficient (Wildman–Crippen LogP) is 2.27. The predicted molar refractivity (Wildman–Crippen MR) is 106 cm³/mol. The van der Waals surface area contributed by atoms with Crippen LogP contribution in [0.2, 0.25) is 0 Å². The SMILES string of the molecule is Cc1ccc(C(=O)N2CCN(c3ccccc3[N+](=O)[O-])CC2)cc1S(C)(=O)=O. The van der Waals surface area contributed by atoms with Crippen LogP contribution >= 0.6 is 0 Å². The first-order valence-corrected chi connectivity index (χ1v) is 10.7. The highest BCUT2D eigenvalue weighted by Crippen LogP contribution is 2.28. The molecule has 1 saturated heterocycles. The molecule has 0 aromatic heterocycles. The number of benzene rings is 2. The number of rotatable bonds is 4. The van der Waals surface area contributed by atoms with Gasteiger partial charge in [-0.05, 0) is 30.7 Å². The lowest BCUT2D eigenvalue weighted by Crippen LogP contribution is -2.49. The van der Waals surface area contributed by atoms with Gasteiger partial charge in [0.1, 0.15) is 5.69 Å². The van der Waals surface area contributed by atoms with Crippen LogP contribution in [0.5, 0.6) is 0 Å². The molecule has 3 rings (SSSR count). The number of hydrogen-bond donors (Lipinski definition) is 0. The van der Waals surface area contributed by atoms with Gasteiger partial charge in [0.15, 0.2) is 9.84 Å². The highest BCUT2D eigenvalue weighted by Gasteiger charge is 2.26. The number of piperazine rings is 1. The number of carbonyl (C=O) groups excluding carboxylic acids is 1. The standard InChI is InChI=1S/C19H21N3O5S/c1-14-7-8-15(13-18(14)28(2,26)27)19(23)21-11-9-20(10-12-21)16-5-3-4-6-17(16)22(24)25/h3-8,13H,9-12H2,1-2H3. The molecule has 0 saturated carbocycles. The smallest absolute Gasteiger partial charge is 0.292 e. The topological polar surface area (TPSA) is 101 Å². The van der Waals surface area contributed by atoms with E-state index in [0.717, 1.165) is 6.26 Å². The molecule has 0 N–H and O–H groups in total. The summed E-state index contributed by atoms with van der Waals surface area (Å²) in [5.41, 5.74) is 1.50. The molecule has 0 radical (unpaired) electrons. The van der Waals surface area contributed by atoms with E-state index in [4.69, 9.17) is 0 Å². The van der Waals surface area contributed by atoms with Gasteiger partial charge in [-0.1, -0.05) is 18.2 Å². The first-order chi connectivity index (χ1) is 13.2. The Hall–Kier alpha value is -2.94. The van der Waals surface area contributed by atoms with Crippen molar-refractivity contribution in [3.63, 3.8) is 0 Å². The van der Waals surface area contributed by atoms with E-state index in [2.05, 4.69) is 0 Å². The lowest BCUT2D eigenvalue weighted by molar-refractivity contribution is -0.384. The highest BCUT2D eigenvalue weighted by molar-refractivity contribution is 7.90. The Morgan fingerprint density at radius 3 is 2.32 bits per heavy atom. The molecule has 28 heavy (non-hydrogen) atoms. The molecular formula is C19H21N3O5S. The van der Waals surface area contributed by atoms with Gasteiger partial charge in [0.05, 0.1) is 9.82 Å². The molecule has 1 fully saturated rings. The Morgan fingerprint density at radius 2 is 1.71 bits per heavy atom. The Bertz CT molecular complexity index is 1030. The highest BCUT2D eigenvalue weighted by atomic mass is 32.2. The van der Waals surface area contributed by atoms with E-state index in [9.17, 15) is 23.3 Å².